The molecule has 3 aromatic rings. The third-order valence-electron chi connectivity index (χ3n) is 3.62. The van der Waals surface area contributed by atoms with Crippen LogP contribution in [0.25, 0.3) is 10.9 Å². The van der Waals surface area contributed by atoms with Crippen LogP contribution in [-0.4, -0.2) is 4.98 Å². The van der Waals surface area contributed by atoms with Crippen LogP contribution in [0.15, 0.2) is 60.7 Å². The molecule has 3 heteroatoms. The second-order valence-corrected chi connectivity index (χ2v) is 5.12. The van der Waals surface area contributed by atoms with Crippen LogP contribution in [0, 0.1) is 5.82 Å². The molecule has 1 N–H and O–H groups in total. The molecule has 0 fully saturated rings. The fourth-order valence-corrected chi connectivity index (χ4v) is 2.40. The normalized spacial score (nSPS) is 12.5. The van der Waals surface area contributed by atoms with Crippen molar-refractivity contribution in [2.75, 3.05) is 0 Å². The molecule has 1 unspecified atom stereocenters. The smallest absolute Gasteiger partial charge is 0.127 e. The van der Waals surface area contributed by atoms with E-state index in [9.17, 15) is 4.39 Å². The first-order valence-electron chi connectivity index (χ1n) is 7.06. The van der Waals surface area contributed by atoms with E-state index in [2.05, 4.69) is 16.4 Å². The van der Waals surface area contributed by atoms with Crippen LogP contribution >= 0.6 is 0 Å². The highest BCUT2D eigenvalue weighted by Crippen LogP contribution is 2.17. The standard InChI is InChI=1S/C18H17FN2/c1-13(16-7-3-4-8-17(16)19)20-12-15-11-10-14-6-2-5-9-18(14)21-15/h2-11,13,20H,12H2,1H3. The van der Waals surface area contributed by atoms with Gasteiger partial charge in [0.15, 0.2) is 0 Å². The fraction of sp³-hybridized carbons (Fsp3) is 0.167. The Morgan fingerprint density at radius 2 is 1.76 bits per heavy atom. The SMILES string of the molecule is CC(NCc1ccc2ccccc2n1)c1ccccc1F. The van der Waals surface area contributed by atoms with E-state index in [-0.39, 0.29) is 11.9 Å². The van der Waals surface area contributed by atoms with Gasteiger partial charge >= 0.3 is 0 Å². The van der Waals surface area contributed by atoms with Gasteiger partial charge in [0.2, 0.25) is 0 Å². The quantitative estimate of drug-likeness (QED) is 0.773. The lowest BCUT2D eigenvalue weighted by Gasteiger charge is -2.14. The molecule has 0 aliphatic heterocycles. The number of nitrogens with zero attached hydrogens (tertiary/aromatic N) is 1. The van der Waals surface area contributed by atoms with Gasteiger partial charge < -0.3 is 5.32 Å². The van der Waals surface area contributed by atoms with Crippen molar-refractivity contribution in [3.63, 3.8) is 0 Å². The average Bonchev–Trinajstić information content (AvgIpc) is 2.53. The van der Waals surface area contributed by atoms with Gasteiger partial charge in [-0.15, -0.1) is 0 Å². The first kappa shape index (κ1) is 13.7. The maximum atomic E-state index is 13.7. The molecule has 0 aliphatic carbocycles. The molecule has 0 radical (unpaired) electrons. The van der Waals surface area contributed by atoms with E-state index in [1.165, 1.54) is 6.07 Å². The Balaban J connectivity index is 1.73. The lowest BCUT2D eigenvalue weighted by molar-refractivity contribution is 0.525. The summed E-state index contributed by atoms with van der Waals surface area (Å²) in [6.07, 6.45) is 0. The number of fused-ring (bicyclic) bond motifs is 1. The van der Waals surface area contributed by atoms with Crippen LogP contribution in [0.4, 0.5) is 4.39 Å². The topological polar surface area (TPSA) is 24.9 Å². The molecule has 106 valence electrons. The second kappa shape index (κ2) is 6.02. The maximum Gasteiger partial charge on any atom is 0.127 e. The van der Waals surface area contributed by atoms with Gasteiger partial charge in [-0.1, -0.05) is 42.5 Å². The van der Waals surface area contributed by atoms with E-state index >= 15 is 0 Å². The highest BCUT2D eigenvalue weighted by atomic mass is 19.1. The van der Waals surface area contributed by atoms with Gasteiger partial charge in [-0.05, 0) is 25.1 Å². The molecule has 1 aromatic heterocycles. The predicted octanol–water partition coefficient (Wildman–Crippen LogP) is 4.22. The number of rotatable bonds is 4. The number of nitrogens with one attached hydrogen (secondary N) is 1. The molecule has 0 saturated heterocycles. The number of benzene rings is 2. The summed E-state index contributed by atoms with van der Waals surface area (Å²) in [7, 11) is 0. The van der Waals surface area contributed by atoms with Crippen LogP contribution in [0.2, 0.25) is 0 Å². The van der Waals surface area contributed by atoms with Gasteiger partial charge in [-0.25, -0.2) is 4.39 Å². The zero-order chi connectivity index (χ0) is 14.7. The van der Waals surface area contributed by atoms with E-state index in [4.69, 9.17) is 0 Å². The molecular formula is C18H17FN2. The van der Waals surface area contributed by atoms with Crippen molar-refractivity contribution in [3.8, 4) is 0 Å². The summed E-state index contributed by atoms with van der Waals surface area (Å²) in [6, 6.07) is 18.9. The van der Waals surface area contributed by atoms with Crippen molar-refractivity contribution >= 4 is 10.9 Å². The third-order valence-corrected chi connectivity index (χ3v) is 3.62. The first-order chi connectivity index (χ1) is 10.2. The average molecular weight is 280 g/mol. The molecule has 0 bridgehead atoms. The number of halogens is 1. The molecule has 0 spiro atoms. The summed E-state index contributed by atoms with van der Waals surface area (Å²) in [5.74, 6) is -0.177. The maximum absolute atomic E-state index is 13.7. The molecule has 0 aliphatic rings. The number of hydrogen-bond donors (Lipinski definition) is 1. The van der Waals surface area contributed by atoms with Crippen LogP contribution in [0.3, 0.4) is 0 Å². The second-order valence-electron chi connectivity index (χ2n) is 5.12. The molecular weight excluding hydrogens is 263 g/mol. The molecule has 0 saturated carbocycles. The third kappa shape index (κ3) is 3.09. The molecule has 2 nitrogen and oxygen atoms in total. The Labute approximate surface area is 123 Å². The summed E-state index contributed by atoms with van der Waals surface area (Å²) in [6.45, 7) is 2.57. The molecule has 0 amide bonds. The van der Waals surface area contributed by atoms with E-state index in [0.717, 1.165) is 16.6 Å². The monoisotopic (exact) mass is 280 g/mol. The summed E-state index contributed by atoms with van der Waals surface area (Å²) in [5.41, 5.74) is 2.62. The highest BCUT2D eigenvalue weighted by molar-refractivity contribution is 5.78. The summed E-state index contributed by atoms with van der Waals surface area (Å²) in [5, 5.41) is 4.45. The molecule has 2 aromatic carbocycles. The van der Waals surface area contributed by atoms with Gasteiger partial charge in [0, 0.05) is 23.5 Å². The Morgan fingerprint density at radius 3 is 2.62 bits per heavy atom. The van der Waals surface area contributed by atoms with Crippen LogP contribution < -0.4 is 5.32 Å². The van der Waals surface area contributed by atoms with Crippen LogP contribution in [0.1, 0.15) is 24.2 Å². The minimum absolute atomic E-state index is 0.0560. The zero-order valence-corrected chi connectivity index (χ0v) is 11.9. The minimum atomic E-state index is -0.177. The minimum Gasteiger partial charge on any atom is -0.304 e. The molecule has 3 rings (SSSR count). The van der Waals surface area contributed by atoms with Crippen LogP contribution in [-0.2, 0) is 6.54 Å². The van der Waals surface area contributed by atoms with Crippen molar-refractivity contribution in [2.24, 2.45) is 0 Å². The Hall–Kier alpha value is -2.26. The van der Waals surface area contributed by atoms with Crippen molar-refractivity contribution in [1.29, 1.82) is 0 Å². The lowest BCUT2D eigenvalue weighted by Crippen LogP contribution is -2.19. The fourth-order valence-electron chi connectivity index (χ4n) is 2.40. The van der Waals surface area contributed by atoms with Crippen molar-refractivity contribution in [3.05, 3.63) is 77.7 Å². The van der Waals surface area contributed by atoms with Gasteiger partial charge in [0.25, 0.3) is 0 Å². The lowest BCUT2D eigenvalue weighted by atomic mass is 10.1. The largest absolute Gasteiger partial charge is 0.304 e. The van der Waals surface area contributed by atoms with Crippen molar-refractivity contribution < 1.29 is 4.39 Å². The van der Waals surface area contributed by atoms with Gasteiger partial charge in [0.1, 0.15) is 5.82 Å². The summed E-state index contributed by atoms with van der Waals surface area (Å²) >= 11 is 0. The van der Waals surface area contributed by atoms with Gasteiger partial charge in [0.05, 0.1) is 11.2 Å². The Kier molecular flexibility index (Phi) is 3.93. The Morgan fingerprint density at radius 1 is 1.00 bits per heavy atom. The zero-order valence-electron chi connectivity index (χ0n) is 11.9. The van der Waals surface area contributed by atoms with E-state index in [0.29, 0.717) is 12.1 Å². The molecule has 21 heavy (non-hydrogen) atoms. The predicted molar refractivity (Wildman–Crippen MR) is 83.4 cm³/mol. The van der Waals surface area contributed by atoms with Gasteiger partial charge in [-0.3, -0.25) is 4.98 Å². The van der Waals surface area contributed by atoms with E-state index in [1.54, 1.807) is 12.1 Å². The van der Waals surface area contributed by atoms with E-state index < -0.39 is 0 Å². The number of aromatic nitrogens is 1. The number of hydrogen-bond acceptors (Lipinski definition) is 2. The highest BCUT2D eigenvalue weighted by Gasteiger charge is 2.09. The molecule has 1 atom stereocenters. The van der Waals surface area contributed by atoms with Crippen LogP contribution in [0.5, 0.6) is 0 Å². The number of pyridine rings is 1. The van der Waals surface area contributed by atoms with Crippen molar-refractivity contribution in [1.82, 2.24) is 10.3 Å². The Bertz CT molecular complexity index is 755. The first-order valence-corrected chi connectivity index (χ1v) is 7.06. The summed E-state index contributed by atoms with van der Waals surface area (Å²) < 4.78 is 13.7. The molecule has 1 heterocycles. The van der Waals surface area contributed by atoms with Gasteiger partial charge in [-0.2, -0.15) is 0 Å². The number of para-hydroxylation sites is 1. The van der Waals surface area contributed by atoms with Crippen molar-refractivity contribution in [2.45, 2.75) is 19.5 Å². The van der Waals surface area contributed by atoms with E-state index in [1.807, 2.05) is 43.3 Å². The summed E-state index contributed by atoms with van der Waals surface area (Å²) in [4.78, 5) is 4.61.